The number of anilines is 1. The molecular weight excluding hydrogens is 502 g/mol. The maximum Gasteiger partial charge on any atom is 0.321 e. The molecule has 1 saturated heterocycles. The Morgan fingerprint density at radius 3 is 2.42 bits per heavy atom. The molecule has 1 fully saturated rings. The number of aryl methyl sites for hydroxylation is 1. The average Bonchev–Trinajstić information content (AvgIpc) is 2.83. The number of nitrogen functional groups attached to an aromatic ring is 1. The summed E-state index contributed by atoms with van der Waals surface area (Å²) in [6.07, 6.45) is 0. The summed E-state index contributed by atoms with van der Waals surface area (Å²) in [6.45, 7) is 7.94. The van der Waals surface area contributed by atoms with Gasteiger partial charge in [0.15, 0.2) is 0 Å². The van der Waals surface area contributed by atoms with E-state index in [4.69, 9.17) is 23.1 Å². The van der Waals surface area contributed by atoms with E-state index in [9.17, 15) is 14.4 Å². The van der Waals surface area contributed by atoms with Gasteiger partial charge in [-0.3, -0.25) is 19.0 Å². The van der Waals surface area contributed by atoms with Gasteiger partial charge in [0, 0.05) is 42.4 Å². The first-order valence-corrected chi connectivity index (χ1v) is 13.0. The lowest BCUT2D eigenvalue weighted by molar-refractivity contribution is 0.100. The highest BCUT2D eigenvalue weighted by molar-refractivity contribution is 6.34. The number of benzene rings is 3. The molecule has 1 aliphatic heterocycles. The molecule has 0 radical (unpaired) electrons. The van der Waals surface area contributed by atoms with Gasteiger partial charge in [-0.1, -0.05) is 43.6 Å². The van der Waals surface area contributed by atoms with Crippen LogP contribution in [0.2, 0.25) is 5.02 Å². The number of carbonyl (C=O) groups excluding carboxylic acids is 1. The fraction of sp³-hybridized carbons (Fsp3) is 0.276. The van der Waals surface area contributed by atoms with E-state index in [1.54, 1.807) is 30.3 Å². The number of primary amides is 1. The van der Waals surface area contributed by atoms with Crippen molar-refractivity contribution in [2.24, 2.45) is 11.7 Å². The minimum atomic E-state index is -0.642. The highest BCUT2D eigenvalue weighted by Crippen LogP contribution is 2.36. The second-order valence-electron chi connectivity index (χ2n) is 10.2. The predicted octanol–water partition coefficient (Wildman–Crippen LogP) is 3.81. The van der Waals surface area contributed by atoms with E-state index in [0.717, 1.165) is 24.2 Å². The molecule has 0 bridgehead atoms. The van der Waals surface area contributed by atoms with Crippen LogP contribution in [-0.2, 0) is 6.54 Å². The summed E-state index contributed by atoms with van der Waals surface area (Å²) in [5, 5.41) is 3.52. The van der Waals surface area contributed by atoms with Crippen molar-refractivity contribution in [2.75, 3.05) is 18.8 Å². The third kappa shape index (κ3) is 4.29. The van der Waals surface area contributed by atoms with Crippen LogP contribution in [0.25, 0.3) is 27.8 Å². The molecule has 2 heterocycles. The number of carbonyl (C=O) groups is 1. The zero-order chi connectivity index (χ0) is 27.3. The van der Waals surface area contributed by atoms with Crippen molar-refractivity contribution in [3.63, 3.8) is 0 Å². The Morgan fingerprint density at radius 2 is 1.79 bits per heavy atom. The summed E-state index contributed by atoms with van der Waals surface area (Å²) >= 11 is 6.82. The highest BCUT2D eigenvalue weighted by Gasteiger charge is 2.25. The molecule has 4 aromatic rings. The summed E-state index contributed by atoms with van der Waals surface area (Å²) in [5.74, 6) is -0.306. The van der Waals surface area contributed by atoms with Crippen LogP contribution in [0.4, 0.5) is 5.69 Å². The number of para-hydroxylation sites is 1. The molecule has 0 atom stereocenters. The molecule has 0 unspecified atom stereocenters. The van der Waals surface area contributed by atoms with E-state index < -0.39 is 17.0 Å². The van der Waals surface area contributed by atoms with Crippen molar-refractivity contribution in [1.82, 2.24) is 14.5 Å². The van der Waals surface area contributed by atoms with Gasteiger partial charge in [0.25, 0.3) is 0 Å². The fourth-order valence-electron chi connectivity index (χ4n) is 5.17. The van der Waals surface area contributed by atoms with Crippen molar-refractivity contribution in [3.05, 3.63) is 91.0 Å². The molecule has 5 N–H and O–H groups in total. The molecular formula is C29H30ClN5O3. The largest absolute Gasteiger partial charge is 0.399 e. The number of nitrogens with two attached hydrogens (primary N) is 2. The average molecular weight is 532 g/mol. The Labute approximate surface area is 224 Å². The minimum absolute atomic E-state index is 0.0949. The summed E-state index contributed by atoms with van der Waals surface area (Å²) < 4.78 is 3.02. The molecule has 196 valence electrons. The van der Waals surface area contributed by atoms with E-state index in [2.05, 4.69) is 5.32 Å². The highest BCUT2D eigenvalue weighted by atomic mass is 35.5. The first-order valence-electron chi connectivity index (χ1n) is 12.6. The van der Waals surface area contributed by atoms with E-state index in [-0.39, 0.29) is 17.4 Å². The Hall–Kier alpha value is -3.88. The second-order valence-corrected chi connectivity index (χ2v) is 10.6. The van der Waals surface area contributed by atoms with Gasteiger partial charge < -0.3 is 21.4 Å². The van der Waals surface area contributed by atoms with Crippen LogP contribution < -0.4 is 27.9 Å². The van der Waals surface area contributed by atoms with Gasteiger partial charge in [-0.25, -0.2) is 0 Å². The standard InChI is InChI=1S/C29H30ClN5O3/c1-15(2)19-6-4-5-16(3)26(19)35-25-10-22(21-9-18(31)7-8-20(21)27(32)36)23(30)11-24(25)34(28(37)29(35)38)14-17-12-33-13-17/h4-11,15,17,33H,12-14,31H2,1-3H3,(H2,32,36). The lowest BCUT2D eigenvalue weighted by Crippen LogP contribution is -2.48. The zero-order valence-corrected chi connectivity index (χ0v) is 22.3. The number of nitrogens with one attached hydrogen (secondary N) is 1. The Bertz CT molecular complexity index is 1720. The lowest BCUT2D eigenvalue weighted by atomic mass is 9.96. The van der Waals surface area contributed by atoms with Crippen LogP contribution in [0.1, 0.15) is 41.3 Å². The van der Waals surface area contributed by atoms with Crippen molar-refractivity contribution >= 4 is 34.2 Å². The first kappa shape index (κ1) is 25.8. The molecule has 1 amide bonds. The number of halogens is 1. The van der Waals surface area contributed by atoms with Crippen LogP contribution in [0.15, 0.2) is 58.1 Å². The summed E-state index contributed by atoms with van der Waals surface area (Å²) in [4.78, 5) is 39.7. The monoisotopic (exact) mass is 531 g/mol. The normalized spacial score (nSPS) is 13.7. The van der Waals surface area contributed by atoms with Crippen LogP contribution in [0.5, 0.6) is 0 Å². The van der Waals surface area contributed by atoms with Crippen molar-refractivity contribution in [2.45, 2.75) is 33.2 Å². The summed E-state index contributed by atoms with van der Waals surface area (Å²) in [7, 11) is 0. The SMILES string of the molecule is Cc1cccc(C(C)C)c1-n1c(=O)c(=O)n(CC2CNC2)c2cc(Cl)c(-c3cc(N)ccc3C(N)=O)cc21. The number of hydrogen-bond acceptors (Lipinski definition) is 5. The van der Waals surface area contributed by atoms with Gasteiger partial charge in [0.05, 0.1) is 21.7 Å². The molecule has 3 aromatic carbocycles. The zero-order valence-electron chi connectivity index (χ0n) is 21.5. The Kier molecular flexibility index (Phi) is 6.63. The van der Waals surface area contributed by atoms with Gasteiger partial charge in [0.1, 0.15) is 0 Å². The first-order chi connectivity index (χ1) is 18.1. The van der Waals surface area contributed by atoms with Crippen LogP contribution in [-0.4, -0.2) is 28.1 Å². The Balaban J connectivity index is 1.94. The fourth-order valence-corrected chi connectivity index (χ4v) is 5.43. The third-order valence-corrected chi connectivity index (χ3v) is 7.56. The number of aromatic nitrogens is 2. The minimum Gasteiger partial charge on any atom is -0.399 e. The van der Waals surface area contributed by atoms with Crippen LogP contribution >= 0.6 is 11.6 Å². The molecule has 0 spiro atoms. The van der Waals surface area contributed by atoms with E-state index in [0.29, 0.717) is 45.1 Å². The molecule has 0 saturated carbocycles. The van der Waals surface area contributed by atoms with E-state index >= 15 is 0 Å². The van der Waals surface area contributed by atoms with Gasteiger partial charge in [-0.05, 0) is 59.9 Å². The number of amides is 1. The summed E-state index contributed by atoms with van der Waals surface area (Å²) in [6, 6.07) is 14.1. The third-order valence-electron chi connectivity index (χ3n) is 7.25. The smallest absolute Gasteiger partial charge is 0.321 e. The van der Waals surface area contributed by atoms with Gasteiger partial charge in [0.2, 0.25) is 5.91 Å². The molecule has 0 aliphatic carbocycles. The van der Waals surface area contributed by atoms with E-state index in [1.807, 2.05) is 39.0 Å². The van der Waals surface area contributed by atoms with Crippen LogP contribution in [0, 0.1) is 12.8 Å². The van der Waals surface area contributed by atoms with E-state index in [1.165, 1.54) is 9.13 Å². The maximum atomic E-state index is 13.9. The molecule has 5 rings (SSSR count). The number of hydrogen-bond donors (Lipinski definition) is 3. The van der Waals surface area contributed by atoms with Gasteiger partial charge in [-0.15, -0.1) is 0 Å². The Morgan fingerprint density at radius 1 is 1.05 bits per heavy atom. The molecule has 1 aliphatic rings. The lowest BCUT2D eigenvalue weighted by Gasteiger charge is -2.29. The molecule has 9 heteroatoms. The van der Waals surface area contributed by atoms with Crippen molar-refractivity contribution < 1.29 is 4.79 Å². The molecule has 1 aromatic heterocycles. The maximum absolute atomic E-state index is 13.9. The number of rotatable bonds is 6. The second kappa shape index (κ2) is 9.78. The summed E-state index contributed by atoms with van der Waals surface area (Å²) in [5.41, 5.74) is 15.6. The van der Waals surface area contributed by atoms with Crippen molar-refractivity contribution in [1.29, 1.82) is 0 Å². The van der Waals surface area contributed by atoms with Crippen LogP contribution in [0.3, 0.4) is 0 Å². The van der Waals surface area contributed by atoms with Gasteiger partial charge >= 0.3 is 11.1 Å². The topological polar surface area (TPSA) is 125 Å². The van der Waals surface area contributed by atoms with Crippen molar-refractivity contribution in [3.8, 4) is 16.8 Å². The predicted molar refractivity (Wildman–Crippen MR) is 152 cm³/mol. The number of fused-ring (bicyclic) bond motifs is 1. The quantitative estimate of drug-likeness (QED) is 0.258. The van der Waals surface area contributed by atoms with Gasteiger partial charge in [-0.2, -0.15) is 0 Å². The molecule has 38 heavy (non-hydrogen) atoms. The number of nitrogens with zero attached hydrogens (tertiary/aromatic N) is 2. The molecule has 8 nitrogen and oxygen atoms in total.